The van der Waals surface area contributed by atoms with Crippen LogP contribution in [0.1, 0.15) is 5.69 Å². The van der Waals surface area contributed by atoms with Gasteiger partial charge in [0.2, 0.25) is 0 Å². The Balaban J connectivity index is 3.26. The number of nitrogens with one attached hydrogen (secondary N) is 1. The monoisotopic (exact) mass is 222 g/mol. The maximum Gasteiger partial charge on any atom is 0.422 e. The number of halogens is 3. The molecule has 0 fully saturated rings. The fraction of sp³-hybridized carbons (Fsp3) is 0.375. The Bertz CT molecular complexity index is 347. The fourth-order valence-corrected chi connectivity index (χ4v) is 1.11. The van der Waals surface area contributed by atoms with Crippen molar-refractivity contribution >= 4 is 5.97 Å². The largest absolute Gasteiger partial charge is 0.467 e. The van der Waals surface area contributed by atoms with Crippen molar-refractivity contribution < 1.29 is 22.7 Å². The molecule has 0 saturated heterocycles. The van der Waals surface area contributed by atoms with Crippen LogP contribution in [0.2, 0.25) is 0 Å². The maximum atomic E-state index is 12.7. The van der Waals surface area contributed by atoms with Gasteiger partial charge in [0.05, 0.1) is 12.8 Å². The van der Waals surface area contributed by atoms with Gasteiger partial charge in [-0.25, -0.2) is 4.79 Å². The van der Waals surface area contributed by atoms with Crippen molar-refractivity contribution in [3.8, 4) is 0 Å². The van der Waals surface area contributed by atoms with Gasteiger partial charge in [-0.3, -0.25) is 0 Å². The molecule has 0 saturated carbocycles. The Morgan fingerprint density at radius 2 is 2.13 bits per heavy atom. The number of H-pyrrole nitrogens is 1. The van der Waals surface area contributed by atoms with Gasteiger partial charge in [-0.2, -0.15) is 13.2 Å². The van der Waals surface area contributed by atoms with Crippen LogP contribution in [0.15, 0.2) is 18.3 Å². The van der Waals surface area contributed by atoms with Gasteiger partial charge < -0.3 is 15.5 Å². The van der Waals surface area contributed by atoms with E-state index >= 15 is 0 Å². The van der Waals surface area contributed by atoms with Crippen LogP contribution in [-0.4, -0.2) is 24.2 Å². The third kappa shape index (κ3) is 1.70. The molecule has 1 atom stereocenters. The first-order valence-electron chi connectivity index (χ1n) is 3.92. The summed E-state index contributed by atoms with van der Waals surface area (Å²) in [6.45, 7) is 0. The van der Waals surface area contributed by atoms with Crippen LogP contribution < -0.4 is 5.73 Å². The first-order valence-corrected chi connectivity index (χ1v) is 3.92. The molecule has 15 heavy (non-hydrogen) atoms. The molecule has 0 aliphatic rings. The van der Waals surface area contributed by atoms with E-state index in [0.717, 1.165) is 13.2 Å². The number of alkyl halides is 3. The van der Waals surface area contributed by atoms with Gasteiger partial charge in [-0.1, -0.05) is 0 Å². The molecule has 0 aromatic carbocycles. The molecule has 0 radical (unpaired) electrons. The van der Waals surface area contributed by atoms with E-state index in [1.165, 1.54) is 12.3 Å². The normalized spacial score (nSPS) is 15.8. The molecule has 0 aliphatic heterocycles. The molecule has 0 aliphatic carbocycles. The molecule has 0 bridgehead atoms. The highest BCUT2D eigenvalue weighted by molar-refractivity contribution is 5.82. The molecule has 1 heterocycles. The molecule has 84 valence electrons. The fourth-order valence-electron chi connectivity index (χ4n) is 1.11. The molecule has 0 spiro atoms. The minimum absolute atomic E-state index is 0.457. The topological polar surface area (TPSA) is 68.1 Å². The number of esters is 1. The molecule has 1 rings (SSSR count). The lowest BCUT2D eigenvalue weighted by atomic mass is 9.96. The highest BCUT2D eigenvalue weighted by atomic mass is 19.4. The van der Waals surface area contributed by atoms with Crippen molar-refractivity contribution in [3.05, 3.63) is 24.0 Å². The lowest BCUT2D eigenvalue weighted by molar-refractivity contribution is -0.207. The highest BCUT2D eigenvalue weighted by Crippen LogP contribution is 2.36. The Kier molecular flexibility index (Phi) is 2.76. The number of hydrogen-bond donors (Lipinski definition) is 2. The van der Waals surface area contributed by atoms with Gasteiger partial charge in [-0.05, 0) is 12.1 Å². The van der Waals surface area contributed by atoms with Gasteiger partial charge in [-0.15, -0.1) is 0 Å². The summed E-state index contributed by atoms with van der Waals surface area (Å²) in [6.07, 6.45) is -3.68. The summed E-state index contributed by atoms with van der Waals surface area (Å²) >= 11 is 0. The second-order valence-corrected chi connectivity index (χ2v) is 2.88. The zero-order chi connectivity index (χ0) is 11.7. The van der Waals surface area contributed by atoms with E-state index in [1.54, 1.807) is 0 Å². The highest BCUT2D eigenvalue weighted by Gasteiger charge is 2.60. The van der Waals surface area contributed by atoms with Crippen molar-refractivity contribution in [1.29, 1.82) is 0 Å². The summed E-state index contributed by atoms with van der Waals surface area (Å²) in [7, 11) is 0.846. The third-order valence-corrected chi connectivity index (χ3v) is 1.98. The van der Waals surface area contributed by atoms with Crippen LogP contribution in [0.3, 0.4) is 0 Å². The second kappa shape index (κ2) is 3.58. The number of aromatic nitrogens is 1. The van der Waals surface area contributed by atoms with Crippen LogP contribution in [0.4, 0.5) is 13.2 Å². The summed E-state index contributed by atoms with van der Waals surface area (Å²) in [5, 5.41) is 0. The van der Waals surface area contributed by atoms with Gasteiger partial charge in [0.1, 0.15) is 0 Å². The second-order valence-electron chi connectivity index (χ2n) is 2.88. The number of carbonyl (C=O) groups is 1. The van der Waals surface area contributed by atoms with Crippen LogP contribution in [-0.2, 0) is 15.1 Å². The zero-order valence-corrected chi connectivity index (χ0v) is 7.76. The van der Waals surface area contributed by atoms with Crippen molar-refractivity contribution in [1.82, 2.24) is 4.98 Å². The zero-order valence-electron chi connectivity index (χ0n) is 7.76. The SMILES string of the molecule is COC(=O)[C@@](N)(c1ccc[nH]1)C(F)(F)F. The Morgan fingerprint density at radius 1 is 1.53 bits per heavy atom. The average Bonchev–Trinajstić information content (AvgIpc) is 2.66. The standard InChI is InChI=1S/C8H9F3N2O2/c1-15-6(14)7(12,8(9,10)11)5-3-2-4-13-5/h2-4,13H,12H2,1H3/t7-/m0/s1. The van der Waals surface area contributed by atoms with Gasteiger partial charge in [0.15, 0.2) is 0 Å². The number of nitrogens with two attached hydrogens (primary N) is 1. The molecule has 1 aromatic rings. The van der Waals surface area contributed by atoms with E-state index < -0.39 is 23.4 Å². The number of carbonyl (C=O) groups excluding carboxylic acids is 1. The van der Waals surface area contributed by atoms with Crippen molar-refractivity contribution in [2.45, 2.75) is 11.7 Å². The average molecular weight is 222 g/mol. The summed E-state index contributed by atoms with van der Waals surface area (Å²) < 4.78 is 42.0. The smallest absolute Gasteiger partial charge is 0.422 e. The first kappa shape index (κ1) is 11.6. The molecule has 4 nitrogen and oxygen atoms in total. The minimum atomic E-state index is -4.93. The van der Waals surface area contributed by atoms with Crippen molar-refractivity contribution in [2.24, 2.45) is 5.73 Å². The molecule has 3 N–H and O–H groups in total. The number of rotatable bonds is 2. The van der Waals surface area contributed by atoms with E-state index in [4.69, 9.17) is 5.73 Å². The number of methoxy groups -OCH3 is 1. The molecular weight excluding hydrogens is 213 g/mol. The van der Waals surface area contributed by atoms with E-state index in [9.17, 15) is 18.0 Å². The predicted octanol–water partition coefficient (Wildman–Crippen LogP) is 0.904. The van der Waals surface area contributed by atoms with Crippen molar-refractivity contribution in [3.63, 3.8) is 0 Å². The van der Waals surface area contributed by atoms with Gasteiger partial charge in [0.25, 0.3) is 5.54 Å². The predicted molar refractivity (Wildman–Crippen MR) is 44.7 cm³/mol. The number of ether oxygens (including phenoxy) is 1. The lowest BCUT2D eigenvalue weighted by Crippen LogP contribution is -2.57. The molecule has 7 heteroatoms. The van der Waals surface area contributed by atoms with Crippen LogP contribution in [0, 0.1) is 0 Å². The third-order valence-electron chi connectivity index (χ3n) is 1.98. The van der Waals surface area contributed by atoms with Crippen molar-refractivity contribution in [2.75, 3.05) is 7.11 Å². The van der Waals surface area contributed by atoms with Crippen LogP contribution >= 0.6 is 0 Å². The van der Waals surface area contributed by atoms with Gasteiger partial charge in [0, 0.05) is 6.20 Å². The lowest BCUT2D eigenvalue weighted by Gasteiger charge is -2.27. The Morgan fingerprint density at radius 3 is 2.47 bits per heavy atom. The first-order chi connectivity index (χ1) is 6.84. The van der Waals surface area contributed by atoms with E-state index in [2.05, 4.69) is 9.72 Å². The molecule has 0 amide bonds. The summed E-state index contributed by atoms with van der Waals surface area (Å²) in [5.41, 5.74) is 1.46. The summed E-state index contributed by atoms with van der Waals surface area (Å²) in [6, 6.07) is 2.38. The number of hydrogen-bond acceptors (Lipinski definition) is 3. The van der Waals surface area contributed by atoms with E-state index in [1.807, 2.05) is 0 Å². The minimum Gasteiger partial charge on any atom is -0.467 e. The Hall–Kier alpha value is -1.50. The van der Waals surface area contributed by atoms with Gasteiger partial charge >= 0.3 is 12.1 Å². The molecule has 0 unspecified atom stereocenters. The summed E-state index contributed by atoms with van der Waals surface area (Å²) in [5.74, 6) is -1.56. The van der Waals surface area contributed by atoms with E-state index in [0.29, 0.717) is 0 Å². The van der Waals surface area contributed by atoms with Crippen LogP contribution in [0.5, 0.6) is 0 Å². The number of aromatic amines is 1. The Labute approximate surface area is 83.2 Å². The van der Waals surface area contributed by atoms with Crippen LogP contribution in [0.25, 0.3) is 0 Å². The summed E-state index contributed by atoms with van der Waals surface area (Å²) in [4.78, 5) is 13.3. The maximum absolute atomic E-state index is 12.7. The molecule has 1 aromatic heterocycles. The van der Waals surface area contributed by atoms with E-state index in [-0.39, 0.29) is 0 Å². The quantitative estimate of drug-likeness (QED) is 0.730. The molecular formula is C8H9F3N2O2.